The molecule has 1 rings (SSSR count). The van der Waals surface area contributed by atoms with Crippen LogP contribution in [0.4, 0.5) is 0 Å². The Morgan fingerprint density at radius 2 is 1.73 bits per heavy atom. The smallest absolute Gasteiger partial charge is 0.101 e. The maximum absolute atomic E-state index is 8.91. The van der Waals surface area contributed by atoms with Gasteiger partial charge in [0.15, 0.2) is 0 Å². The summed E-state index contributed by atoms with van der Waals surface area (Å²) in [4.78, 5) is 0. The maximum Gasteiger partial charge on any atom is 0.101 e. The van der Waals surface area contributed by atoms with Crippen LogP contribution in [0.2, 0.25) is 0 Å². The Morgan fingerprint density at radius 1 is 1.13 bits per heavy atom. The number of nitrogens with zero attached hydrogens (tertiary/aromatic N) is 2. The lowest BCUT2D eigenvalue weighted by Gasteiger charge is -2.23. The molecule has 0 aliphatic rings. The highest BCUT2D eigenvalue weighted by atomic mass is 14.3. The molecule has 0 fully saturated rings. The van der Waals surface area contributed by atoms with Crippen molar-refractivity contribution in [3.05, 3.63) is 34.9 Å². The Labute approximate surface area is 90.8 Å². The molecular weight excluding hydrogens is 184 g/mol. The van der Waals surface area contributed by atoms with Crippen LogP contribution in [0.1, 0.15) is 43.9 Å². The molecule has 0 unspecified atom stereocenters. The van der Waals surface area contributed by atoms with E-state index >= 15 is 0 Å². The van der Waals surface area contributed by atoms with Gasteiger partial charge in [0.1, 0.15) is 12.1 Å². The lowest BCUT2D eigenvalue weighted by molar-refractivity contribution is 0.506. The van der Waals surface area contributed by atoms with Crippen molar-refractivity contribution in [2.45, 2.75) is 32.6 Å². The molecule has 2 heteroatoms. The van der Waals surface area contributed by atoms with E-state index in [2.05, 4.69) is 26.8 Å². The van der Waals surface area contributed by atoms with Crippen molar-refractivity contribution >= 4 is 0 Å². The van der Waals surface area contributed by atoms with Gasteiger partial charge in [0.05, 0.1) is 11.1 Å². The van der Waals surface area contributed by atoms with Crippen LogP contribution in [-0.2, 0) is 5.41 Å². The molecule has 1 aromatic rings. The molecule has 2 nitrogen and oxygen atoms in total. The zero-order valence-corrected chi connectivity index (χ0v) is 9.33. The summed E-state index contributed by atoms with van der Waals surface area (Å²) in [5, 5.41) is 17.7. The van der Waals surface area contributed by atoms with Crippen LogP contribution in [0.25, 0.3) is 0 Å². The van der Waals surface area contributed by atoms with Crippen molar-refractivity contribution in [3.8, 4) is 12.1 Å². The number of hydrogen-bond donors (Lipinski definition) is 0. The third-order valence-electron chi connectivity index (χ3n) is 2.93. The quantitative estimate of drug-likeness (QED) is 0.733. The molecule has 0 saturated heterocycles. The van der Waals surface area contributed by atoms with Gasteiger partial charge in [0, 0.05) is 0 Å². The van der Waals surface area contributed by atoms with Crippen molar-refractivity contribution in [2.24, 2.45) is 0 Å². The van der Waals surface area contributed by atoms with E-state index in [0.717, 1.165) is 12.0 Å². The number of benzene rings is 1. The third-order valence-corrected chi connectivity index (χ3v) is 2.93. The predicted molar refractivity (Wildman–Crippen MR) is 59.2 cm³/mol. The lowest BCUT2D eigenvalue weighted by Crippen LogP contribution is -2.15. The second kappa shape index (κ2) is 4.15. The molecule has 0 aliphatic heterocycles. The van der Waals surface area contributed by atoms with E-state index in [0.29, 0.717) is 11.1 Å². The molecule has 0 saturated carbocycles. The average Bonchev–Trinajstić information content (AvgIpc) is 2.28. The first-order valence-corrected chi connectivity index (χ1v) is 5.00. The summed E-state index contributed by atoms with van der Waals surface area (Å²) in [6, 6.07) is 9.56. The van der Waals surface area contributed by atoms with Crippen LogP contribution in [0.15, 0.2) is 18.2 Å². The molecule has 0 heterocycles. The molecule has 1 aromatic carbocycles. The van der Waals surface area contributed by atoms with E-state index < -0.39 is 0 Å². The number of rotatable bonds is 2. The van der Waals surface area contributed by atoms with Gasteiger partial charge in [-0.1, -0.05) is 26.8 Å². The summed E-state index contributed by atoms with van der Waals surface area (Å²) in [5.74, 6) is 0. The zero-order valence-electron chi connectivity index (χ0n) is 9.33. The van der Waals surface area contributed by atoms with E-state index in [1.54, 1.807) is 6.07 Å². The van der Waals surface area contributed by atoms with E-state index in [1.165, 1.54) is 0 Å². The Bertz CT molecular complexity index is 445. The monoisotopic (exact) mass is 198 g/mol. The van der Waals surface area contributed by atoms with Gasteiger partial charge < -0.3 is 0 Å². The van der Waals surface area contributed by atoms with Crippen LogP contribution in [-0.4, -0.2) is 0 Å². The number of hydrogen-bond acceptors (Lipinski definition) is 2. The number of nitriles is 2. The van der Waals surface area contributed by atoms with Gasteiger partial charge in [0.2, 0.25) is 0 Å². The first-order chi connectivity index (χ1) is 7.05. The largest absolute Gasteiger partial charge is 0.192 e. The molecule has 15 heavy (non-hydrogen) atoms. The average molecular weight is 198 g/mol. The summed E-state index contributed by atoms with van der Waals surface area (Å²) >= 11 is 0. The van der Waals surface area contributed by atoms with Crippen molar-refractivity contribution in [2.75, 3.05) is 0 Å². The van der Waals surface area contributed by atoms with Crippen LogP contribution >= 0.6 is 0 Å². The molecule has 0 bridgehead atoms. The van der Waals surface area contributed by atoms with Gasteiger partial charge in [-0.3, -0.25) is 0 Å². The van der Waals surface area contributed by atoms with Crippen molar-refractivity contribution in [1.29, 1.82) is 10.5 Å². The summed E-state index contributed by atoms with van der Waals surface area (Å²) in [6.45, 7) is 6.38. The van der Waals surface area contributed by atoms with Gasteiger partial charge in [-0.05, 0) is 29.5 Å². The van der Waals surface area contributed by atoms with Gasteiger partial charge in [-0.25, -0.2) is 0 Å². The van der Waals surface area contributed by atoms with Crippen molar-refractivity contribution in [3.63, 3.8) is 0 Å². The summed E-state index contributed by atoms with van der Waals surface area (Å²) in [7, 11) is 0. The normalized spacial score (nSPS) is 10.5. The first kappa shape index (κ1) is 11.3. The molecule has 0 spiro atoms. The fraction of sp³-hybridized carbons (Fsp3) is 0.385. The van der Waals surface area contributed by atoms with E-state index in [9.17, 15) is 0 Å². The molecule has 0 aromatic heterocycles. The zero-order chi connectivity index (χ0) is 11.5. The van der Waals surface area contributed by atoms with E-state index in [4.69, 9.17) is 10.5 Å². The van der Waals surface area contributed by atoms with Crippen molar-refractivity contribution in [1.82, 2.24) is 0 Å². The van der Waals surface area contributed by atoms with Crippen LogP contribution < -0.4 is 0 Å². The summed E-state index contributed by atoms with van der Waals surface area (Å²) < 4.78 is 0. The first-order valence-electron chi connectivity index (χ1n) is 5.00. The fourth-order valence-corrected chi connectivity index (χ4v) is 1.36. The molecule has 0 aliphatic carbocycles. The summed E-state index contributed by atoms with van der Waals surface area (Å²) in [5.41, 5.74) is 2.09. The predicted octanol–water partition coefficient (Wildman–Crippen LogP) is 3.12. The molecule has 0 radical (unpaired) electrons. The van der Waals surface area contributed by atoms with Crippen LogP contribution in [0.3, 0.4) is 0 Å². The van der Waals surface area contributed by atoms with Gasteiger partial charge in [0.25, 0.3) is 0 Å². The van der Waals surface area contributed by atoms with E-state index in [1.807, 2.05) is 18.2 Å². The second-order valence-corrected chi connectivity index (χ2v) is 4.22. The standard InChI is InChI=1S/C13H14N2/c1-4-13(2,3)12-6-5-10(8-14)11(7-12)9-15/h5-7H,4H2,1-3H3. The van der Waals surface area contributed by atoms with Gasteiger partial charge in [-0.15, -0.1) is 0 Å². The Kier molecular flexibility index (Phi) is 3.12. The molecule has 0 atom stereocenters. The highest BCUT2D eigenvalue weighted by Gasteiger charge is 2.19. The Balaban J connectivity index is 3.29. The van der Waals surface area contributed by atoms with Crippen molar-refractivity contribution < 1.29 is 0 Å². The molecular formula is C13H14N2. The Hall–Kier alpha value is -1.80. The third kappa shape index (κ3) is 2.17. The van der Waals surface area contributed by atoms with Crippen LogP contribution in [0.5, 0.6) is 0 Å². The topological polar surface area (TPSA) is 47.6 Å². The molecule has 0 amide bonds. The molecule has 0 N–H and O–H groups in total. The fourth-order valence-electron chi connectivity index (χ4n) is 1.36. The highest BCUT2D eigenvalue weighted by molar-refractivity contribution is 5.48. The van der Waals surface area contributed by atoms with Crippen LogP contribution in [0, 0.1) is 22.7 Å². The maximum atomic E-state index is 8.91. The summed E-state index contributed by atoms with van der Waals surface area (Å²) in [6.07, 6.45) is 1.00. The van der Waals surface area contributed by atoms with Gasteiger partial charge >= 0.3 is 0 Å². The van der Waals surface area contributed by atoms with Gasteiger partial charge in [-0.2, -0.15) is 10.5 Å². The highest BCUT2D eigenvalue weighted by Crippen LogP contribution is 2.27. The second-order valence-electron chi connectivity index (χ2n) is 4.22. The minimum absolute atomic E-state index is 0.0551. The minimum atomic E-state index is 0.0551. The lowest BCUT2D eigenvalue weighted by atomic mass is 9.81. The SMILES string of the molecule is CCC(C)(C)c1ccc(C#N)c(C#N)c1. The molecule has 76 valence electrons. The Morgan fingerprint density at radius 3 is 2.20 bits per heavy atom. The minimum Gasteiger partial charge on any atom is -0.192 e. The van der Waals surface area contributed by atoms with E-state index in [-0.39, 0.29) is 5.41 Å².